The fourth-order valence-electron chi connectivity index (χ4n) is 2.38. The lowest BCUT2D eigenvalue weighted by Crippen LogP contribution is -2.49. The minimum Gasteiger partial charge on any atom is -0.316 e. The molecule has 154 valence electrons. The molecule has 9 heteroatoms. The van der Waals surface area contributed by atoms with Crippen molar-refractivity contribution >= 4 is 37.3 Å². The van der Waals surface area contributed by atoms with Crippen molar-refractivity contribution in [2.24, 2.45) is 5.73 Å². The van der Waals surface area contributed by atoms with E-state index >= 15 is 0 Å². The van der Waals surface area contributed by atoms with E-state index < -0.39 is 26.0 Å². The molecule has 29 heavy (non-hydrogen) atoms. The summed E-state index contributed by atoms with van der Waals surface area (Å²) < 4.78 is 23.3. The Labute approximate surface area is 174 Å². The average molecular weight is 434 g/mol. The molecular formula is C20H23N3O4S2. The minimum absolute atomic E-state index is 0.00479. The Kier molecular flexibility index (Phi) is 6.71. The van der Waals surface area contributed by atoms with Gasteiger partial charge in [-0.1, -0.05) is 11.8 Å². The first-order chi connectivity index (χ1) is 13.4. The molecule has 0 fully saturated rings. The third-order valence-electron chi connectivity index (χ3n) is 4.30. The molecule has 1 atom stereocenters. The number of nitrogens with two attached hydrogens (primary N) is 1. The van der Waals surface area contributed by atoms with Crippen LogP contribution in [0.4, 0.5) is 0 Å². The molecule has 2 rings (SSSR count). The smallest absolute Gasteiger partial charge is 0.264 e. The normalized spacial score (nSPS) is 13.6. The molecule has 1 unspecified atom stereocenters. The number of nitrogens with one attached hydrogen (secondary N) is 1. The fourth-order valence-corrected chi connectivity index (χ4v) is 4.25. The molecule has 1 heterocycles. The van der Waals surface area contributed by atoms with Crippen LogP contribution in [0.25, 0.3) is 10.2 Å². The number of hydroxylamine groups is 1. The van der Waals surface area contributed by atoms with Gasteiger partial charge in [0.05, 0.1) is 20.8 Å². The number of fused-ring (bicyclic) bond motifs is 1. The summed E-state index contributed by atoms with van der Waals surface area (Å²) in [7, 11) is -3.74. The summed E-state index contributed by atoms with van der Waals surface area (Å²) in [5.41, 5.74) is 8.17. The summed E-state index contributed by atoms with van der Waals surface area (Å²) in [6.45, 7) is 4.88. The van der Waals surface area contributed by atoms with Gasteiger partial charge in [0.2, 0.25) is 0 Å². The van der Waals surface area contributed by atoms with Crippen LogP contribution in [0.3, 0.4) is 0 Å². The lowest BCUT2D eigenvalue weighted by atomic mass is 10.0. The Bertz CT molecular complexity index is 1160. The maximum atomic E-state index is 12.1. The van der Waals surface area contributed by atoms with E-state index in [1.807, 2.05) is 18.2 Å². The summed E-state index contributed by atoms with van der Waals surface area (Å²) in [5.74, 6) is 10.3. The van der Waals surface area contributed by atoms with Gasteiger partial charge in [0, 0.05) is 18.2 Å². The Morgan fingerprint density at radius 3 is 2.59 bits per heavy atom. The van der Waals surface area contributed by atoms with E-state index in [9.17, 15) is 13.2 Å². The van der Waals surface area contributed by atoms with E-state index in [1.54, 1.807) is 13.8 Å². The Morgan fingerprint density at radius 1 is 1.31 bits per heavy atom. The predicted molar refractivity (Wildman–Crippen MR) is 114 cm³/mol. The van der Waals surface area contributed by atoms with Crippen LogP contribution in [0.1, 0.15) is 37.8 Å². The molecule has 0 radical (unpaired) electrons. The van der Waals surface area contributed by atoms with Gasteiger partial charge in [0.25, 0.3) is 5.91 Å². The van der Waals surface area contributed by atoms with E-state index in [4.69, 9.17) is 10.9 Å². The lowest BCUT2D eigenvalue weighted by molar-refractivity contribution is -0.131. The topological polar surface area (TPSA) is 122 Å². The number of aromatic nitrogens is 1. The zero-order valence-electron chi connectivity index (χ0n) is 16.7. The highest BCUT2D eigenvalue weighted by Gasteiger charge is 2.43. The monoisotopic (exact) mass is 433 g/mol. The van der Waals surface area contributed by atoms with Crippen LogP contribution in [-0.4, -0.2) is 41.1 Å². The van der Waals surface area contributed by atoms with E-state index in [2.05, 4.69) is 28.7 Å². The second-order valence-corrected chi connectivity index (χ2v) is 11.0. The molecular weight excluding hydrogens is 410 g/mol. The first-order valence-electron chi connectivity index (χ1n) is 8.71. The fraction of sp³-hybridized carbons (Fsp3) is 0.400. The van der Waals surface area contributed by atoms with Gasteiger partial charge in [-0.2, -0.15) is 0 Å². The van der Waals surface area contributed by atoms with Crippen molar-refractivity contribution in [2.75, 3.05) is 6.26 Å². The maximum Gasteiger partial charge on any atom is 0.264 e. The van der Waals surface area contributed by atoms with E-state index in [1.165, 1.54) is 23.7 Å². The summed E-state index contributed by atoms with van der Waals surface area (Å²) in [5, 5.41) is 9.59. The molecule has 0 aliphatic rings. The van der Waals surface area contributed by atoms with Crippen LogP contribution in [-0.2, 0) is 21.1 Å². The van der Waals surface area contributed by atoms with Crippen molar-refractivity contribution < 1.29 is 18.4 Å². The third-order valence-corrected chi connectivity index (χ3v) is 7.41. The number of hydrogen-bond donors (Lipinski definition) is 3. The predicted octanol–water partition coefficient (Wildman–Crippen LogP) is 1.63. The third kappa shape index (κ3) is 5.78. The molecule has 7 nitrogen and oxygen atoms in total. The maximum absolute atomic E-state index is 12.1. The van der Waals surface area contributed by atoms with E-state index in [0.717, 1.165) is 22.0 Å². The summed E-state index contributed by atoms with van der Waals surface area (Å²) in [4.78, 5) is 16.4. The van der Waals surface area contributed by atoms with E-state index in [-0.39, 0.29) is 12.8 Å². The van der Waals surface area contributed by atoms with Crippen molar-refractivity contribution in [1.82, 2.24) is 10.5 Å². The molecule has 2 aromatic rings. The molecule has 0 spiro atoms. The van der Waals surface area contributed by atoms with Gasteiger partial charge in [-0.3, -0.25) is 10.0 Å². The molecule has 1 aromatic carbocycles. The molecule has 4 N–H and O–H groups in total. The number of carbonyl (C=O) groups is 1. The van der Waals surface area contributed by atoms with Crippen LogP contribution >= 0.6 is 11.3 Å². The number of carbonyl (C=O) groups excluding carboxylic acids is 1. The Balaban J connectivity index is 2.23. The van der Waals surface area contributed by atoms with Crippen molar-refractivity contribution in [3.8, 4) is 23.7 Å². The molecule has 1 aromatic heterocycles. The Hall–Kier alpha value is -2.43. The number of aryl methyl sites for hydroxylation is 1. The number of sulfone groups is 1. The van der Waals surface area contributed by atoms with Crippen LogP contribution in [0.15, 0.2) is 18.2 Å². The van der Waals surface area contributed by atoms with Crippen LogP contribution < -0.4 is 11.2 Å². The molecule has 0 bridgehead atoms. The SMILES string of the molecule is CC(C)(N)C#CC#Cc1ccc2nc(CCC(C)(C(=O)NO)S(C)(=O)=O)sc2c1. The zero-order valence-corrected chi connectivity index (χ0v) is 18.3. The quantitative estimate of drug-likeness (QED) is 0.374. The highest BCUT2D eigenvalue weighted by atomic mass is 32.2. The first kappa shape index (κ1) is 22.9. The lowest BCUT2D eigenvalue weighted by Gasteiger charge is -2.24. The second kappa shape index (κ2) is 8.52. The van der Waals surface area contributed by atoms with Crippen molar-refractivity contribution in [3.63, 3.8) is 0 Å². The van der Waals surface area contributed by atoms with Crippen LogP contribution in [0.2, 0.25) is 0 Å². The van der Waals surface area contributed by atoms with Crippen LogP contribution in [0.5, 0.6) is 0 Å². The highest BCUT2D eigenvalue weighted by molar-refractivity contribution is 7.92. The van der Waals surface area contributed by atoms with Gasteiger partial charge < -0.3 is 5.73 Å². The van der Waals surface area contributed by atoms with Crippen molar-refractivity contribution in [3.05, 3.63) is 28.8 Å². The van der Waals surface area contributed by atoms with E-state index in [0.29, 0.717) is 5.01 Å². The van der Waals surface area contributed by atoms with Gasteiger partial charge in [-0.25, -0.2) is 18.9 Å². The summed E-state index contributed by atoms with van der Waals surface area (Å²) in [6.07, 6.45) is 1.24. The number of hydrogen-bond acceptors (Lipinski definition) is 7. The van der Waals surface area contributed by atoms with Gasteiger partial charge >= 0.3 is 0 Å². The Morgan fingerprint density at radius 2 is 2.00 bits per heavy atom. The van der Waals surface area contributed by atoms with Gasteiger partial charge in [-0.15, -0.1) is 11.3 Å². The number of nitrogens with zero attached hydrogens (tertiary/aromatic N) is 1. The average Bonchev–Trinajstić information content (AvgIpc) is 3.03. The standard InChI is InChI=1S/C20H23N3O4S2/c1-19(2,21)11-6-5-7-14-8-9-15-16(13-14)28-17(22-15)10-12-20(3,18(24)23-25)29(4,26)27/h8-9,13,25H,10,12,21H2,1-4H3,(H,23,24). The first-order valence-corrected chi connectivity index (χ1v) is 11.4. The van der Waals surface area contributed by atoms with Gasteiger partial charge in [0.15, 0.2) is 9.84 Å². The molecule has 0 saturated heterocycles. The van der Waals surface area contributed by atoms with Crippen molar-refractivity contribution in [2.45, 2.75) is 43.9 Å². The summed E-state index contributed by atoms with van der Waals surface area (Å²) >= 11 is 1.40. The molecule has 0 saturated carbocycles. The van der Waals surface area contributed by atoms with Crippen molar-refractivity contribution in [1.29, 1.82) is 0 Å². The number of rotatable bonds is 5. The van der Waals surface area contributed by atoms with Crippen LogP contribution in [0, 0.1) is 23.7 Å². The minimum atomic E-state index is -3.74. The number of thiazole rings is 1. The van der Waals surface area contributed by atoms with Gasteiger partial charge in [0.1, 0.15) is 4.75 Å². The molecule has 0 aliphatic heterocycles. The summed E-state index contributed by atoms with van der Waals surface area (Å²) in [6, 6.07) is 5.54. The molecule has 0 aliphatic carbocycles. The largest absolute Gasteiger partial charge is 0.316 e. The molecule has 1 amide bonds. The number of amides is 1. The number of benzene rings is 1. The second-order valence-electron chi connectivity index (χ2n) is 7.46. The zero-order chi connectivity index (χ0) is 21.9. The van der Waals surface area contributed by atoms with Gasteiger partial charge in [-0.05, 0) is 57.2 Å². The highest BCUT2D eigenvalue weighted by Crippen LogP contribution is 2.28.